The third-order valence-electron chi connectivity index (χ3n) is 3.24. The van der Waals surface area contributed by atoms with Crippen LogP contribution < -0.4 is 10.6 Å². The normalized spacial score (nSPS) is 11.7. The van der Waals surface area contributed by atoms with Gasteiger partial charge in [-0.05, 0) is 37.3 Å². The van der Waals surface area contributed by atoms with Crippen LogP contribution in [0.1, 0.15) is 35.8 Å². The molecule has 0 saturated heterocycles. The van der Waals surface area contributed by atoms with E-state index in [1.807, 2.05) is 0 Å². The first-order chi connectivity index (χ1) is 10.9. The summed E-state index contributed by atoms with van der Waals surface area (Å²) in [7, 11) is 0. The molecule has 0 heterocycles. The zero-order valence-electron chi connectivity index (χ0n) is 12.7. The fourth-order valence-electron chi connectivity index (χ4n) is 2.12. The number of rotatable bonds is 4. The van der Waals surface area contributed by atoms with Gasteiger partial charge in [0.25, 0.3) is 5.91 Å². The highest BCUT2D eigenvalue weighted by atomic mass is 19.1. The standard InChI is InChI=1S/C17H16F2N2O2/c1-10(15-8-5-13(18)9-16(15)19)20-17(23)12-3-6-14(7-4-12)21-11(2)22/h3-10H,1-2H3,(H,20,23)(H,21,22)/t10-/m1/s1. The first-order valence-electron chi connectivity index (χ1n) is 7.00. The Morgan fingerprint density at radius 2 is 1.70 bits per heavy atom. The summed E-state index contributed by atoms with van der Waals surface area (Å²) in [4.78, 5) is 23.1. The molecule has 0 aliphatic carbocycles. The van der Waals surface area contributed by atoms with Crippen LogP contribution in [0.2, 0.25) is 0 Å². The van der Waals surface area contributed by atoms with Gasteiger partial charge in [0.1, 0.15) is 11.6 Å². The lowest BCUT2D eigenvalue weighted by Crippen LogP contribution is -2.27. The van der Waals surface area contributed by atoms with E-state index in [0.29, 0.717) is 11.3 Å². The van der Waals surface area contributed by atoms with E-state index in [1.165, 1.54) is 13.0 Å². The van der Waals surface area contributed by atoms with E-state index in [-0.39, 0.29) is 11.5 Å². The predicted octanol–water partition coefficient (Wildman–Crippen LogP) is 3.41. The molecule has 0 radical (unpaired) electrons. The predicted molar refractivity (Wildman–Crippen MR) is 83.0 cm³/mol. The van der Waals surface area contributed by atoms with Crippen molar-refractivity contribution in [3.05, 3.63) is 65.2 Å². The number of hydrogen-bond donors (Lipinski definition) is 2. The molecule has 23 heavy (non-hydrogen) atoms. The number of amides is 2. The number of nitrogens with one attached hydrogen (secondary N) is 2. The molecule has 6 heteroatoms. The number of benzene rings is 2. The molecule has 0 aliphatic rings. The monoisotopic (exact) mass is 318 g/mol. The summed E-state index contributed by atoms with van der Waals surface area (Å²) < 4.78 is 26.6. The average molecular weight is 318 g/mol. The summed E-state index contributed by atoms with van der Waals surface area (Å²) in [5.74, 6) is -1.98. The van der Waals surface area contributed by atoms with Crippen LogP contribution in [-0.2, 0) is 4.79 Å². The average Bonchev–Trinajstić information content (AvgIpc) is 2.47. The van der Waals surface area contributed by atoms with Gasteiger partial charge in [-0.1, -0.05) is 6.07 Å². The highest BCUT2D eigenvalue weighted by Crippen LogP contribution is 2.18. The van der Waals surface area contributed by atoms with Crippen LogP contribution in [0.3, 0.4) is 0 Å². The molecule has 0 spiro atoms. The molecule has 2 aromatic carbocycles. The third-order valence-corrected chi connectivity index (χ3v) is 3.24. The minimum atomic E-state index is -0.709. The Bertz CT molecular complexity index is 730. The number of carbonyl (C=O) groups excluding carboxylic acids is 2. The Balaban J connectivity index is 2.07. The highest BCUT2D eigenvalue weighted by molar-refractivity contribution is 5.95. The van der Waals surface area contributed by atoms with Crippen molar-refractivity contribution >= 4 is 17.5 Å². The van der Waals surface area contributed by atoms with Crippen LogP contribution in [0.4, 0.5) is 14.5 Å². The molecule has 0 saturated carbocycles. The van der Waals surface area contributed by atoms with Crippen molar-refractivity contribution in [3.63, 3.8) is 0 Å². The van der Waals surface area contributed by atoms with Crippen LogP contribution >= 0.6 is 0 Å². The summed E-state index contributed by atoms with van der Waals surface area (Å²) in [5.41, 5.74) is 1.15. The fraction of sp³-hybridized carbons (Fsp3) is 0.176. The van der Waals surface area contributed by atoms with E-state index in [4.69, 9.17) is 0 Å². The second kappa shape index (κ2) is 7.00. The molecule has 0 aromatic heterocycles. The van der Waals surface area contributed by atoms with E-state index in [1.54, 1.807) is 31.2 Å². The van der Waals surface area contributed by atoms with Gasteiger partial charge in [0.15, 0.2) is 0 Å². The van der Waals surface area contributed by atoms with Crippen LogP contribution in [0.25, 0.3) is 0 Å². The van der Waals surface area contributed by atoms with E-state index >= 15 is 0 Å². The van der Waals surface area contributed by atoms with E-state index in [0.717, 1.165) is 12.1 Å². The lowest BCUT2D eigenvalue weighted by molar-refractivity contribution is -0.114. The molecule has 4 nitrogen and oxygen atoms in total. The van der Waals surface area contributed by atoms with Gasteiger partial charge in [-0.25, -0.2) is 8.78 Å². The lowest BCUT2D eigenvalue weighted by Gasteiger charge is -2.15. The molecule has 2 amide bonds. The number of carbonyl (C=O) groups is 2. The quantitative estimate of drug-likeness (QED) is 0.907. The molecule has 0 fully saturated rings. The van der Waals surface area contributed by atoms with Crippen molar-refractivity contribution in [3.8, 4) is 0 Å². The molecule has 0 unspecified atom stereocenters. The molecule has 0 aliphatic heterocycles. The highest BCUT2D eigenvalue weighted by Gasteiger charge is 2.15. The van der Waals surface area contributed by atoms with Crippen molar-refractivity contribution in [2.75, 3.05) is 5.32 Å². The first kappa shape index (κ1) is 16.6. The maximum Gasteiger partial charge on any atom is 0.251 e. The van der Waals surface area contributed by atoms with Gasteiger partial charge in [-0.15, -0.1) is 0 Å². The first-order valence-corrected chi connectivity index (χ1v) is 7.00. The summed E-state index contributed by atoms with van der Waals surface area (Å²) in [5, 5.41) is 5.24. The maximum absolute atomic E-state index is 13.7. The Morgan fingerprint density at radius 1 is 1.04 bits per heavy atom. The van der Waals surface area contributed by atoms with Crippen LogP contribution in [0.5, 0.6) is 0 Å². The van der Waals surface area contributed by atoms with Crippen molar-refractivity contribution in [1.29, 1.82) is 0 Å². The molecule has 2 aromatic rings. The molecular weight excluding hydrogens is 302 g/mol. The second-order valence-corrected chi connectivity index (χ2v) is 5.12. The van der Waals surface area contributed by atoms with Crippen LogP contribution in [-0.4, -0.2) is 11.8 Å². The molecular formula is C17H16F2N2O2. The molecule has 2 N–H and O–H groups in total. The topological polar surface area (TPSA) is 58.2 Å². The van der Waals surface area contributed by atoms with Gasteiger partial charge in [-0.2, -0.15) is 0 Å². The van der Waals surface area contributed by atoms with Crippen molar-refractivity contribution in [2.45, 2.75) is 19.9 Å². The van der Waals surface area contributed by atoms with Crippen LogP contribution in [0, 0.1) is 11.6 Å². The Morgan fingerprint density at radius 3 is 2.26 bits per heavy atom. The van der Waals surface area contributed by atoms with Crippen molar-refractivity contribution < 1.29 is 18.4 Å². The van der Waals surface area contributed by atoms with Gasteiger partial charge in [0.2, 0.25) is 5.91 Å². The molecule has 0 bridgehead atoms. The minimum absolute atomic E-state index is 0.203. The number of anilines is 1. The van der Waals surface area contributed by atoms with E-state index in [2.05, 4.69) is 10.6 Å². The van der Waals surface area contributed by atoms with E-state index in [9.17, 15) is 18.4 Å². The summed E-state index contributed by atoms with van der Waals surface area (Å²) in [6, 6.07) is 8.90. The largest absolute Gasteiger partial charge is 0.345 e. The van der Waals surface area contributed by atoms with Gasteiger partial charge >= 0.3 is 0 Å². The maximum atomic E-state index is 13.7. The summed E-state index contributed by atoms with van der Waals surface area (Å²) in [6.45, 7) is 3.00. The van der Waals surface area contributed by atoms with Gasteiger partial charge in [0.05, 0.1) is 6.04 Å². The molecule has 1 atom stereocenters. The fourth-order valence-corrected chi connectivity index (χ4v) is 2.12. The lowest BCUT2D eigenvalue weighted by atomic mass is 10.1. The number of halogens is 2. The Labute approximate surface area is 132 Å². The molecule has 2 rings (SSSR count). The van der Waals surface area contributed by atoms with Gasteiger partial charge < -0.3 is 10.6 Å². The summed E-state index contributed by atoms with van der Waals surface area (Å²) in [6.07, 6.45) is 0. The SMILES string of the molecule is CC(=O)Nc1ccc(C(=O)N[C@H](C)c2ccc(F)cc2F)cc1. The van der Waals surface area contributed by atoms with Crippen LogP contribution in [0.15, 0.2) is 42.5 Å². The van der Waals surface area contributed by atoms with Crippen molar-refractivity contribution in [2.24, 2.45) is 0 Å². The van der Waals surface area contributed by atoms with E-state index < -0.39 is 23.6 Å². The van der Waals surface area contributed by atoms with Crippen molar-refractivity contribution in [1.82, 2.24) is 5.32 Å². The summed E-state index contributed by atoms with van der Waals surface area (Å²) >= 11 is 0. The zero-order valence-corrected chi connectivity index (χ0v) is 12.7. The smallest absolute Gasteiger partial charge is 0.251 e. The third kappa shape index (κ3) is 4.35. The Hall–Kier alpha value is -2.76. The second-order valence-electron chi connectivity index (χ2n) is 5.12. The Kier molecular flexibility index (Phi) is 5.05. The molecule has 120 valence electrons. The number of hydrogen-bond acceptors (Lipinski definition) is 2. The zero-order chi connectivity index (χ0) is 17.0. The van der Waals surface area contributed by atoms with Gasteiger partial charge in [0, 0.05) is 29.8 Å². The minimum Gasteiger partial charge on any atom is -0.345 e. The van der Waals surface area contributed by atoms with Gasteiger partial charge in [-0.3, -0.25) is 9.59 Å².